The lowest BCUT2D eigenvalue weighted by atomic mass is 10.1. The lowest BCUT2D eigenvalue weighted by Crippen LogP contribution is -2.41. The summed E-state index contributed by atoms with van der Waals surface area (Å²) in [6.45, 7) is 2.03. The van der Waals surface area contributed by atoms with E-state index in [2.05, 4.69) is 15.4 Å². The fourth-order valence-electron chi connectivity index (χ4n) is 1.81. The summed E-state index contributed by atoms with van der Waals surface area (Å²) >= 11 is 5.12. The first-order valence-corrected chi connectivity index (χ1v) is 7.19. The zero-order chi connectivity index (χ0) is 15.7. The molecule has 0 spiro atoms. The van der Waals surface area contributed by atoms with Gasteiger partial charge in [-0.2, -0.15) is 0 Å². The van der Waals surface area contributed by atoms with Gasteiger partial charge in [-0.3, -0.25) is 9.59 Å². The number of esters is 1. The quantitative estimate of drug-likeness (QED) is 0.622. The van der Waals surface area contributed by atoms with Crippen LogP contribution in [0.15, 0.2) is 30.3 Å². The molecule has 0 aromatic heterocycles. The highest BCUT2D eigenvalue weighted by Gasteiger charge is 2.12. The largest absolute Gasteiger partial charge is 0.469 e. The van der Waals surface area contributed by atoms with Gasteiger partial charge in [-0.25, -0.2) is 0 Å². The van der Waals surface area contributed by atoms with E-state index in [1.165, 1.54) is 7.11 Å². The Kier molecular flexibility index (Phi) is 7.39. The zero-order valence-electron chi connectivity index (χ0n) is 12.2. The van der Waals surface area contributed by atoms with E-state index < -0.39 is 5.97 Å². The Morgan fingerprint density at radius 1 is 1.24 bits per heavy atom. The molecule has 1 aromatic carbocycles. The topological polar surface area (TPSA) is 67.4 Å². The van der Waals surface area contributed by atoms with Crippen LogP contribution < -0.4 is 10.6 Å². The lowest BCUT2D eigenvalue weighted by molar-refractivity contribution is -0.142. The van der Waals surface area contributed by atoms with E-state index in [0.717, 1.165) is 12.0 Å². The van der Waals surface area contributed by atoms with Crippen molar-refractivity contribution in [3.8, 4) is 0 Å². The standard InChI is InChI=1S/C15H20N2O3S/c1-3-12(11-7-5-4-6-8-11)16-15(21)17-13(18)9-10-14(19)20-2/h4-8,12H,3,9-10H2,1-2H3,(H2,16,17,18,21). The number of ether oxygens (including phenoxy) is 1. The number of hydrogen-bond acceptors (Lipinski definition) is 4. The van der Waals surface area contributed by atoms with Gasteiger partial charge < -0.3 is 15.4 Å². The highest BCUT2D eigenvalue weighted by molar-refractivity contribution is 7.80. The van der Waals surface area contributed by atoms with Crippen molar-refractivity contribution in [1.82, 2.24) is 10.6 Å². The molecule has 0 saturated carbocycles. The van der Waals surface area contributed by atoms with Crippen molar-refractivity contribution in [2.24, 2.45) is 0 Å². The Hall–Kier alpha value is -1.95. The Morgan fingerprint density at radius 3 is 2.48 bits per heavy atom. The van der Waals surface area contributed by atoms with Crippen molar-refractivity contribution in [2.45, 2.75) is 32.2 Å². The van der Waals surface area contributed by atoms with Crippen LogP contribution in [0.2, 0.25) is 0 Å². The molecular weight excluding hydrogens is 288 g/mol. The van der Waals surface area contributed by atoms with Crippen LogP contribution in [0.25, 0.3) is 0 Å². The van der Waals surface area contributed by atoms with Gasteiger partial charge in [0.25, 0.3) is 0 Å². The smallest absolute Gasteiger partial charge is 0.306 e. The summed E-state index contributed by atoms with van der Waals surface area (Å²) in [7, 11) is 1.29. The van der Waals surface area contributed by atoms with Crippen molar-refractivity contribution in [3.05, 3.63) is 35.9 Å². The van der Waals surface area contributed by atoms with Crippen LogP contribution in [0.4, 0.5) is 0 Å². The Morgan fingerprint density at radius 2 is 1.90 bits per heavy atom. The molecular formula is C15H20N2O3S. The van der Waals surface area contributed by atoms with Gasteiger partial charge in [0.2, 0.25) is 5.91 Å². The molecule has 1 rings (SSSR count). The third kappa shape index (κ3) is 6.35. The maximum atomic E-state index is 11.6. The number of nitrogens with one attached hydrogen (secondary N) is 2. The van der Waals surface area contributed by atoms with Crippen LogP contribution >= 0.6 is 12.2 Å². The molecule has 1 unspecified atom stereocenters. The minimum Gasteiger partial charge on any atom is -0.469 e. The van der Waals surface area contributed by atoms with E-state index in [9.17, 15) is 9.59 Å². The molecule has 0 aliphatic carbocycles. The van der Waals surface area contributed by atoms with E-state index in [4.69, 9.17) is 12.2 Å². The van der Waals surface area contributed by atoms with Crippen molar-refractivity contribution < 1.29 is 14.3 Å². The van der Waals surface area contributed by atoms with Gasteiger partial charge in [0, 0.05) is 6.42 Å². The van der Waals surface area contributed by atoms with Gasteiger partial charge in [-0.15, -0.1) is 0 Å². The molecule has 6 heteroatoms. The summed E-state index contributed by atoms with van der Waals surface area (Å²) in [5.74, 6) is -0.722. The lowest BCUT2D eigenvalue weighted by Gasteiger charge is -2.19. The SMILES string of the molecule is CCC(NC(=S)NC(=O)CCC(=O)OC)c1ccccc1. The molecule has 1 atom stereocenters. The van der Waals surface area contributed by atoms with E-state index in [-0.39, 0.29) is 29.9 Å². The predicted molar refractivity (Wildman–Crippen MR) is 84.6 cm³/mol. The third-order valence-electron chi connectivity index (χ3n) is 2.95. The van der Waals surface area contributed by atoms with Gasteiger partial charge in [0.15, 0.2) is 5.11 Å². The van der Waals surface area contributed by atoms with Crippen LogP contribution in [0.3, 0.4) is 0 Å². The second kappa shape index (κ2) is 9.07. The average molecular weight is 308 g/mol. The highest BCUT2D eigenvalue weighted by atomic mass is 32.1. The van der Waals surface area contributed by atoms with Crippen LogP contribution in [0.1, 0.15) is 37.8 Å². The molecule has 0 saturated heterocycles. The molecule has 2 N–H and O–H groups in total. The maximum Gasteiger partial charge on any atom is 0.306 e. The molecule has 1 amide bonds. The summed E-state index contributed by atoms with van der Waals surface area (Å²) in [6.07, 6.45) is 0.930. The molecule has 21 heavy (non-hydrogen) atoms. The second-order valence-electron chi connectivity index (χ2n) is 4.47. The second-order valence-corrected chi connectivity index (χ2v) is 4.88. The van der Waals surface area contributed by atoms with Gasteiger partial charge in [0.1, 0.15) is 0 Å². The number of carbonyl (C=O) groups is 2. The zero-order valence-corrected chi connectivity index (χ0v) is 13.0. The minimum atomic E-state index is -0.417. The van der Waals surface area contributed by atoms with Crippen LogP contribution in [0.5, 0.6) is 0 Å². The van der Waals surface area contributed by atoms with Gasteiger partial charge in [-0.1, -0.05) is 37.3 Å². The van der Waals surface area contributed by atoms with Gasteiger partial charge in [0.05, 0.1) is 19.6 Å². The average Bonchev–Trinajstić information content (AvgIpc) is 2.51. The Balaban J connectivity index is 2.45. The molecule has 0 heterocycles. The number of hydrogen-bond donors (Lipinski definition) is 2. The fourth-order valence-corrected chi connectivity index (χ4v) is 2.06. The predicted octanol–water partition coefficient (Wildman–Crippen LogP) is 2.08. The Bertz CT molecular complexity index is 491. The van der Waals surface area contributed by atoms with E-state index in [0.29, 0.717) is 0 Å². The summed E-state index contributed by atoms with van der Waals surface area (Å²) in [5.41, 5.74) is 1.10. The third-order valence-corrected chi connectivity index (χ3v) is 3.17. The van der Waals surface area contributed by atoms with Crippen LogP contribution in [-0.2, 0) is 14.3 Å². The van der Waals surface area contributed by atoms with E-state index in [1.807, 2.05) is 37.3 Å². The summed E-state index contributed by atoms with van der Waals surface area (Å²) in [5, 5.41) is 5.93. The molecule has 114 valence electrons. The van der Waals surface area contributed by atoms with Crippen molar-refractivity contribution in [1.29, 1.82) is 0 Å². The Labute approximate surface area is 130 Å². The molecule has 0 fully saturated rings. The monoisotopic (exact) mass is 308 g/mol. The highest BCUT2D eigenvalue weighted by Crippen LogP contribution is 2.15. The maximum absolute atomic E-state index is 11.6. The molecule has 0 bridgehead atoms. The number of thiocarbonyl (C=S) groups is 1. The van der Waals surface area contributed by atoms with Crippen molar-refractivity contribution in [3.63, 3.8) is 0 Å². The fraction of sp³-hybridized carbons (Fsp3) is 0.400. The summed E-state index contributed by atoms with van der Waals surface area (Å²) < 4.78 is 4.48. The first-order chi connectivity index (χ1) is 10.1. The van der Waals surface area contributed by atoms with Crippen LogP contribution in [-0.4, -0.2) is 24.1 Å². The number of benzene rings is 1. The van der Waals surface area contributed by atoms with E-state index in [1.54, 1.807) is 0 Å². The molecule has 0 aliphatic heterocycles. The number of carbonyl (C=O) groups excluding carboxylic acids is 2. The minimum absolute atomic E-state index is 0.0413. The molecule has 0 aliphatic rings. The first-order valence-electron chi connectivity index (χ1n) is 6.79. The molecule has 5 nitrogen and oxygen atoms in total. The van der Waals surface area contributed by atoms with E-state index >= 15 is 0 Å². The van der Waals surface area contributed by atoms with Crippen molar-refractivity contribution >= 4 is 29.2 Å². The van der Waals surface area contributed by atoms with Crippen LogP contribution in [0, 0.1) is 0 Å². The normalized spacial score (nSPS) is 11.3. The van der Waals surface area contributed by atoms with Crippen molar-refractivity contribution in [2.75, 3.05) is 7.11 Å². The number of methoxy groups -OCH3 is 1. The van der Waals surface area contributed by atoms with Gasteiger partial charge in [-0.05, 0) is 24.2 Å². The summed E-state index contributed by atoms with van der Waals surface area (Å²) in [4.78, 5) is 22.6. The summed E-state index contributed by atoms with van der Waals surface area (Å²) in [6, 6.07) is 9.91. The molecule has 0 radical (unpaired) electrons. The first kappa shape index (κ1) is 17.1. The number of rotatable bonds is 6. The number of amides is 1. The molecule has 1 aromatic rings. The van der Waals surface area contributed by atoms with Gasteiger partial charge >= 0.3 is 5.97 Å².